The van der Waals surface area contributed by atoms with E-state index in [0.29, 0.717) is 18.4 Å². The Morgan fingerprint density at radius 3 is 2.68 bits per heavy atom. The van der Waals surface area contributed by atoms with Gasteiger partial charge in [-0.25, -0.2) is 0 Å². The Balaban J connectivity index is 2.28. The third-order valence-corrected chi connectivity index (χ3v) is 3.77. The number of nitrogens with zero attached hydrogens (tertiary/aromatic N) is 1. The van der Waals surface area contributed by atoms with Crippen molar-refractivity contribution in [3.05, 3.63) is 34.3 Å². The van der Waals surface area contributed by atoms with Crippen molar-refractivity contribution in [3.63, 3.8) is 0 Å². The molecule has 0 aromatic heterocycles. The van der Waals surface area contributed by atoms with Gasteiger partial charge in [-0.2, -0.15) is 0 Å². The van der Waals surface area contributed by atoms with Crippen LogP contribution in [0, 0.1) is 5.92 Å². The average Bonchev–Trinajstić information content (AvgIpc) is 2.64. The van der Waals surface area contributed by atoms with Gasteiger partial charge in [-0.15, -0.1) is 0 Å². The molecule has 0 aliphatic carbocycles. The molecular weight excluding hydrogens is 306 g/mol. The molecule has 1 heterocycles. The molecular formula is C14H18BrN3O. The van der Waals surface area contributed by atoms with Gasteiger partial charge in [0.25, 0.3) is 5.91 Å². The molecule has 0 spiro atoms. The van der Waals surface area contributed by atoms with Crippen LogP contribution in [0.5, 0.6) is 0 Å². The second-order valence-corrected chi connectivity index (χ2v) is 6.12. The first kappa shape index (κ1) is 14.1. The highest BCUT2D eigenvalue weighted by molar-refractivity contribution is 9.10. The van der Waals surface area contributed by atoms with Crippen LogP contribution in [0.3, 0.4) is 0 Å². The molecule has 102 valence electrons. The molecule has 2 N–H and O–H groups in total. The van der Waals surface area contributed by atoms with Crippen LogP contribution in [0.4, 0.5) is 0 Å². The summed E-state index contributed by atoms with van der Waals surface area (Å²) in [5.74, 6) is 0.931. The van der Waals surface area contributed by atoms with Gasteiger partial charge in [0.1, 0.15) is 5.54 Å². The second kappa shape index (κ2) is 5.33. The third kappa shape index (κ3) is 2.81. The van der Waals surface area contributed by atoms with E-state index in [9.17, 15) is 4.79 Å². The van der Waals surface area contributed by atoms with Crippen LogP contribution in [0.25, 0.3) is 0 Å². The zero-order valence-electron chi connectivity index (χ0n) is 11.3. The summed E-state index contributed by atoms with van der Waals surface area (Å²) in [6.45, 7) is 6.73. The van der Waals surface area contributed by atoms with Crippen LogP contribution in [-0.2, 0) is 10.3 Å². The Labute approximate surface area is 121 Å². The van der Waals surface area contributed by atoms with E-state index < -0.39 is 5.54 Å². The van der Waals surface area contributed by atoms with Crippen LogP contribution < -0.4 is 10.6 Å². The van der Waals surface area contributed by atoms with Gasteiger partial charge in [0.2, 0.25) is 0 Å². The minimum Gasteiger partial charge on any atom is -0.338 e. The number of halogens is 1. The van der Waals surface area contributed by atoms with Crippen molar-refractivity contribution in [3.8, 4) is 0 Å². The Bertz CT molecular complexity index is 527. The average molecular weight is 324 g/mol. The molecule has 5 heteroatoms. The highest BCUT2D eigenvalue weighted by Gasteiger charge is 2.43. The van der Waals surface area contributed by atoms with Crippen molar-refractivity contribution in [1.82, 2.24) is 10.6 Å². The van der Waals surface area contributed by atoms with Crippen LogP contribution in [-0.4, -0.2) is 18.4 Å². The summed E-state index contributed by atoms with van der Waals surface area (Å²) in [6.07, 6.45) is 0. The van der Waals surface area contributed by atoms with E-state index in [1.165, 1.54) is 0 Å². The molecule has 1 aromatic carbocycles. The molecule has 1 aliphatic heterocycles. The van der Waals surface area contributed by atoms with Gasteiger partial charge < -0.3 is 5.32 Å². The molecule has 1 amide bonds. The lowest BCUT2D eigenvalue weighted by atomic mass is 9.92. The topological polar surface area (TPSA) is 53.5 Å². The summed E-state index contributed by atoms with van der Waals surface area (Å²) in [5.41, 5.74) is 0.123. The third-order valence-electron chi connectivity index (χ3n) is 3.08. The maximum atomic E-state index is 12.2. The molecule has 19 heavy (non-hydrogen) atoms. The number of guanidine groups is 1. The maximum Gasteiger partial charge on any atom is 0.256 e. The maximum absolute atomic E-state index is 12.2. The van der Waals surface area contributed by atoms with Crippen molar-refractivity contribution >= 4 is 27.8 Å². The van der Waals surface area contributed by atoms with Crippen LogP contribution >= 0.6 is 15.9 Å². The fourth-order valence-electron chi connectivity index (χ4n) is 1.97. The van der Waals surface area contributed by atoms with Gasteiger partial charge in [0.05, 0.1) is 0 Å². The summed E-state index contributed by atoms with van der Waals surface area (Å²) in [5, 5.41) is 5.99. The van der Waals surface area contributed by atoms with Crippen LogP contribution in [0.1, 0.15) is 26.3 Å². The summed E-state index contributed by atoms with van der Waals surface area (Å²) in [4.78, 5) is 16.6. The molecule has 1 atom stereocenters. The minimum absolute atomic E-state index is 0.0816. The fourth-order valence-corrected chi connectivity index (χ4v) is 2.65. The van der Waals surface area contributed by atoms with Gasteiger partial charge in [0.15, 0.2) is 5.96 Å². The number of carbonyl (C=O) groups is 1. The number of benzene rings is 1. The fraction of sp³-hybridized carbons (Fsp3) is 0.429. The number of hydrogen-bond acceptors (Lipinski definition) is 2. The normalized spacial score (nSPS) is 24.7. The van der Waals surface area contributed by atoms with Crippen molar-refractivity contribution in [2.75, 3.05) is 6.54 Å². The van der Waals surface area contributed by atoms with E-state index in [4.69, 9.17) is 0 Å². The predicted molar refractivity (Wildman–Crippen MR) is 79.9 cm³/mol. The Kier molecular flexibility index (Phi) is 3.94. The first-order chi connectivity index (χ1) is 8.93. The summed E-state index contributed by atoms with van der Waals surface area (Å²) in [7, 11) is 0. The molecule has 1 aromatic rings. The predicted octanol–water partition coefficient (Wildman–Crippen LogP) is 2.40. The molecule has 1 aliphatic rings. The number of nitrogens with one attached hydrogen (secondary N) is 2. The Morgan fingerprint density at radius 1 is 1.37 bits per heavy atom. The van der Waals surface area contributed by atoms with Gasteiger partial charge >= 0.3 is 0 Å². The standard InChI is InChI=1S/C14H18BrN3O/c1-9(2)8-16-13-17-12(19)14(3,18-13)10-6-4-5-7-11(10)15/h4-7,9H,8H2,1-3H3,(H2,16,17,18,19). The van der Waals surface area contributed by atoms with Crippen molar-refractivity contribution in [2.45, 2.75) is 26.3 Å². The van der Waals surface area contributed by atoms with E-state index >= 15 is 0 Å². The van der Waals surface area contributed by atoms with Gasteiger partial charge in [0, 0.05) is 16.6 Å². The van der Waals surface area contributed by atoms with Crippen LogP contribution in [0.15, 0.2) is 33.7 Å². The molecule has 2 rings (SSSR count). The number of amides is 1. The lowest BCUT2D eigenvalue weighted by Crippen LogP contribution is -2.41. The minimum atomic E-state index is -0.782. The first-order valence-electron chi connectivity index (χ1n) is 6.32. The Morgan fingerprint density at radius 2 is 2.05 bits per heavy atom. The number of rotatable bonds is 3. The highest BCUT2D eigenvalue weighted by atomic mass is 79.9. The van der Waals surface area contributed by atoms with E-state index in [0.717, 1.165) is 10.0 Å². The summed E-state index contributed by atoms with van der Waals surface area (Å²) in [6, 6.07) is 7.71. The van der Waals surface area contributed by atoms with Crippen molar-refractivity contribution in [1.29, 1.82) is 0 Å². The second-order valence-electron chi connectivity index (χ2n) is 5.27. The van der Waals surface area contributed by atoms with E-state index in [2.05, 4.69) is 45.4 Å². The smallest absolute Gasteiger partial charge is 0.256 e. The zero-order valence-corrected chi connectivity index (χ0v) is 12.9. The SMILES string of the molecule is CC(C)CN=C1NC(=O)C(C)(c2ccccc2Br)N1. The Hall–Kier alpha value is -1.36. The van der Waals surface area contributed by atoms with Gasteiger partial charge in [-0.05, 0) is 18.9 Å². The first-order valence-corrected chi connectivity index (χ1v) is 7.12. The lowest BCUT2D eigenvalue weighted by Gasteiger charge is -2.22. The van der Waals surface area contributed by atoms with Crippen molar-refractivity contribution in [2.24, 2.45) is 10.9 Å². The molecule has 0 saturated carbocycles. The summed E-state index contributed by atoms with van der Waals surface area (Å²) >= 11 is 3.49. The molecule has 0 bridgehead atoms. The van der Waals surface area contributed by atoms with Gasteiger partial charge in [-0.1, -0.05) is 48.0 Å². The molecule has 0 radical (unpaired) electrons. The number of hydrogen-bond donors (Lipinski definition) is 2. The molecule has 1 saturated heterocycles. The monoisotopic (exact) mass is 323 g/mol. The van der Waals surface area contributed by atoms with E-state index in [1.807, 2.05) is 31.2 Å². The zero-order chi connectivity index (χ0) is 14.0. The lowest BCUT2D eigenvalue weighted by molar-refractivity contribution is -0.123. The number of carbonyl (C=O) groups excluding carboxylic acids is 1. The van der Waals surface area contributed by atoms with Crippen LogP contribution in [0.2, 0.25) is 0 Å². The molecule has 1 unspecified atom stereocenters. The quantitative estimate of drug-likeness (QED) is 0.897. The van der Waals surface area contributed by atoms with E-state index in [-0.39, 0.29) is 5.91 Å². The molecule has 4 nitrogen and oxygen atoms in total. The largest absolute Gasteiger partial charge is 0.338 e. The summed E-state index contributed by atoms with van der Waals surface area (Å²) < 4.78 is 0.908. The van der Waals surface area contributed by atoms with Crippen molar-refractivity contribution < 1.29 is 4.79 Å². The molecule has 1 fully saturated rings. The van der Waals surface area contributed by atoms with E-state index in [1.54, 1.807) is 0 Å². The number of aliphatic imine (C=N–C) groups is 1. The highest BCUT2D eigenvalue weighted by Crippen LogP contribution is 2.30. The van der Waals surface area contributed by atoms with Gasteiger partial charge in [-0.3, -0.25) is 15.1 Å².